The topological polar surface area (TPSA) is 12.0 Å². The molecule has 0 aromatic heterocycles. The summed E-state index contributed by atoms with van der Waals surface area (Å²) in [7, 11) is 2.03. The van der Waals surface area contributed by atoms with Gasteiger partial charge < -0.3 is 5.32 Å². The van der Waals surface area contributed by atoms with Crippen LogP contribution in [0.1, 0.15) is 12.8 Å². The van der Waals surface area contributed by atoms with Gasteiger partial charge in [-0.15, -0.1) is 0 Å². The number of nitrogens with one attached hydrogen (secondary N) is 1. The average molecular weight is 145 g/mol. The Morgan fingerprint density at radius 1 is 1.67 bits per heavy atom. The summed E-state index contributed by atoms with van der Waals surface area (Å²) >= 11 is 2.10. The van der Waals surface area contributed by atoms with Crippen molar-refractivity contribution >= 4 is 11.8 Å². The number of hydrogen-bond donors (Lipinski definition) is 1. The van der Waals surface area contributed by atoms with E-state index in [1.54, 1.807) is 0 Å². The molecule has 1 aliphatic heterocycles. The van der Waals surface area contributed by atoms with Crippen LogP contribution in [0.5, 0.6) is 0 Å². The van der Waals surface area contributed by atoms with Crippen molar-refractivity contribution in [2.75, 3.05) is 25.1 Å². The molecule has 0 aliphatic carbocycles. The van der Waals surface area contributed by atoms with Crippen LogP contribution in [-0.4, -0.2) is 25.1 Å². The van der Waals surface area contributed by atoms with Crippen LogP contribution in [0, 0.1) is 5.92 Å². The molecule has 1 heterocycles. The molecule has 0 amide bonds. The van der Waals surface area contributed by atoms with Gasteiger partial charge >= 0.3 is 0 Å². The molecule has 1 fully saturated rings. The molecular weight excluding hydrogens is 130 g/mol. The van der Waals surface area contributed by atoms with Gasteiger partial charge in [-0.05, 0) is 43.9 Å². The van der Waals surface area contributed by atoms with E-state index in [0.717, 1.165) is 5.92 Å². The fourth-order valence-electron chi connectivity index (χ4n) is 1.16. The highest BCUT2D eigenvalue weighted by atomic mass is 32.2. The number of rotatable bonds is 3. The van der Waals surface area contributed by atoms with E-state index in [1.807, 2.05) is 7.05 Å². The zero-order chi connectivity index (χ0) is 6.53. The van der Waals surface area contributed by atoms with E-state index < -0.39 is 0 Å². The second-order valence-corrected chi connectivity index (χ2v) is 3.77. The molecule has 1 aliphatic rings. The molecule has 0 aromatic carbocycles. The van der Waals surface area contributed by atoms with Crippen LogP contribution in [0.25, 0.3) is 0 Å². The zero-order valence-corrected chi connectivity index (χ0v) is 6.84. The Labute approximate surface area is 61.6 Å². The lowest BCUT2D eigenvalue weighted by Gasteiger charge is -2.05. The first kappa shape index (κ1) is 7.42. The minimum Gasteiger partial charge on any atom is -0.320 e. The van der Waals surface area contributed by atoms with Crippen molar-refractivity contribution < 1.29 is 0 Å². The first-order chi connectivity index (χ1) is 4.43. The average Bonchev–Trinajstić information content (AvgIpc) is 2.34. The molecule has 1 saturated heterocycles. The highest BCUT2D eigenvalue weighted by Crippen LogP contribution is 2.25. The SMILES string of the molecule is CNCC[C@@H]1CCSC1. The summed E-state index contributed by atoms with van der Waals surface area (Å²) in [5.41, 5.74) is 0. The van der Waals surface area contributed by atoms with Gasteiger partial charge in [-0.2, -0.15) is 11.8 Å². The summed E-state index contributed by atoms with van der Waals surface area (Å²) in [6.07, 6.45) is 2.83. The monoisotopic (exact) mass is 145 g/mol. The van der Waals surface area contributed by atoms with Gasteiger partial charge in [0.2, 0.25) is 0 Å². The summed E-state index contributed by atoms with van der Waals surface area (Å²) in [6, 6.07) is 0. The first-order valence-corrected chi connectivity index (χ1v) is 4.81. The van der Waals surface area contributed by atoms with Crippen molar-refractivity contribution in [2.45, 2.75) is 12.8 Å². The normalized spacial score (nSPS) is 27.0. The lowest BCUT2D eigenvalue weighted by atomic mass is 10.1. The molecule has 9 heavy (non-hydrogen) atoms. The summed E-state index contributed by atoms with van der Waals surface area (Å²) in [4.78, 5) is 0. The van der Waals surface area contributed by atoms with Gasteiger partial charge in [0.15, 0.2) is 0 Å². The molecule has 2 heteroatoms. The van der Waals surface area contributed by atoms with Crippen molar-refractivity contribution in [2.24, 2.45) is 5.92 Å². The Balaban J connectivity index is 1.98. The molecule has 1 rings (SSSR count). The van der Waals surface area contributed by atoms with Crippen LogP contribution in [0.4, 0.5) is 0 Å². The van der Waals surface area contributed by atoms with Crippen LogP contribution in [-0.2, 0) is 0 Å². The third-order valence-corrected chi connectivity index (χ3v) is 3.06. The van der Waals surface area contributed by atoms with Gasteiger partial charge in [0.25, 0.3) is 0 Å². The molecule has 0 unspecified atom stereocenters. The second-order valence-electron chi connectivity index (χ2n) is 2.62. The van der Waals surface area contributed by atoms with E-state index in [-0.39, 0.29) is 0 Å². The molecule has 54 valence electrons. The predicted octanol–water partition coefficient (Wildman–Crippen LogP) is 1.35. The molecule has 0 bridgehead atoms. The first-order valence-electron chi connectivity index (χ1n) is 3.66. The van der Waals surface area contributed by atoms with E-state index in [2.05, 4.69) is 17.1 Å². The smallest absolute Gasteiger partial charge is 0.00384 e. The van der Waals surface area contributed by atoms with E-state index in [1.165, 1.54) is 30.9 Å². The maximum absolute atomic E-state index is 3.19. The third-order valence-electron chi connectivity index (χ3n) is 1.83. The van der Waals surface area contributed by atoms with Crippen LogP contribution >= 0.6 is 11.8 Å². The van der Waals surface area contributed by atoms with Crippen LogP contribution in [0.2, 0.25) is 0 Å². The molecule has 0 aromatic rings. The van der Waals surface area contributed by atoms with Crippen molar-refractivity contribution in [3.05, 3.63) is 0 Å². The van der Waals surface area contributed by atoms with Crippen molar-refractivity contribution in [3.63, 3.8) is 0 Å². The van der Waals surface area contributed by atoms with E-state index in [0.29, 0.717) is 0 Å². The fraction of sp³-hybridized carbons (Fsp3) is 1.00. The minimum atomic E-state index is 1.02. The molecular formula is C7H15NS. The van der Waals surface area contributed by atoms with Crippen LogP contribution < -0.4 is 5.32 Å². The second kappa shape index (κ2) is 4.18. The van der Waals surface area contributed by atoms with Crippen LogP contribution in [0.15, 0.2) is 0 Å². The Hall–Kier alpha value is 0.310. The van der Waals surface area contributed by atoms with Gasteiger partial charge in [0, 0.05) is 0 Å². The molecule has 1 N–H and O–H groups in total. The summed E-state index contributed by atoms with van der Waals surface area (Å²) < 4.78 is 0. The predicted molar refractivity (Wildman–Crippen MR) is 44.0 cm³/mol. The highest BCUT2D eigenvalue weighted by Gasteiger charge is 2.13. The van der Waals surface area contributed by atoms with Gasteiger partial charge in [-0.3, -0.25) is 0 Å². The van der Waals surface area contributed by atoms with Gasteiger partial charge in [-0.1, -0.05) is 0 Å². The summed E-state index contributed by atoms with van der Waals surface area (Å²) in [5, 5.41) is 3.19. The van der Waals surface area contributed by atoms with Gasteiger partial charge in [0.05, 0.1) is 0 Å². The molecule has 1 nitrogen and oxygen atoms in total. The summed E-state index contributed by atoms with van der Waals surface area (Å²) in [6.45, 7) is 1.20. The van der Waals surface area contributed by atoms with Crippen molar-refractivity contribution in [1.29, 1.82) is 0 Å². The fourth-order valence-corrected chi connectivity index (χ4v) is 2.49. The molecule has 0 radical (unpaired) electrons. The van der Waals surface area contributed by atoms with Crippen molar-refractivity contribution in [1.82, 2.24) is 5.32 Å². The number of hydrogen-bond acceptors (Lipinski definition) is 2. The number of thioether (sulfide) groups is 1. The van der Waals surface area contributed by atoms with Gasteiger partial charge in [-0.25, -0.2) is 0 Å². The lowest BCUT2D eigenvalue weighted by Crippen LogP contribution is -2.12. The Bertz CT molecular complexity index is 69.3. The Morgan fingerprint density at radius 3 is 3.11 bits per heavy atom. The zero-order valence-electron chi connectivity index (χ0n) is 6.02. The van der Waals surface area contributed by atoms with E-state index >= 15 is 0 Å². The summed E-state index contributed by atoms with van der Waals surface area (Å²) in [5.74, 6) is 3.82. The lowest BCUT2D eigenvalue weighted by molar-refractivity contribution is 0.529. The van der Waals surface area contributed by atoms with E-state index in [9.17, 15) is 0 Å². The molecule has 0 spiro atoms. The van der Waals surface area contributed by atoms with Crippen LogP contribution in [0.3, 0.4) is 0 Å². The molecule has 1 atom stereocenters. The maximum Gasteiger partial charge on any atom is -0.00384 e. The van der Waals surface area contributed by atoms with Gasteiger partial charge in [0.1, 0.15) is 0 Å². The highest BCUT2D eigenvalue weighted by molar-refractivity contribution is 7.99. The standard InChI is InChI=1S/C7H15NS/c1-8-4-2-7-3-5-9-6-7/h7-8H,2-6H2,1H3/t7-/m1/s1. The van der Waals surface area contributed by atoms with E-state index in [4.69, 9.17) is 0 Å². The third kappa shape index (κ3) is 2.59. The quantitative estimate of drug-likeness (QED) is 0.643. The molecule has 0 saturated carbocycles. The largest absolute Gasteiger partial charge is 0.320 e. The maximum atomic E-state index is 3.19. The minimum absolute atomic E-state index is 1.02. The Morgan fingerprint density at radius 2 is 2.56 bits per heavy atom. The van der Waals surface area contributed by atoms with Crippen molar-refractivity contribution in [3.8, 4) is 0 Å². The Kier molecular flexibility index (Phi) is 3.44.